The van der Waals surface area contributed by atoms with Gasteiger partial charge in [-0.1, -0.05) is 17.7 Å². The number of hydrogen-bond acceptors (Lipinski definition) is 7. The van der Waals surface area contributed by atoms with Gasteiger partial charge in [0.05, 0.1) is 34.7 Å². The molecule has 0 spiro atoms. The second-order valence-corrected chi connectivity index (χ2v) is 10.1. The van der Waals surface area contributed by atoms with Gasteiger partial charge >= 0.3 is 6.03 Å². The van der Waals surface area contributed by atoms with E-state index in [0.29, 0.717) is 0 Å². The Balaban J connectivity index is 1.93. The summed E-state index contributed by atoms with van der Waals surface area (Å²) in [6.45, 7) is 3.91. The number of carbonyl (C=O) groups excluding carboxylic acids is 2. The highest BCUT2D eigenvalue weighted by Crippen LogP contribution is 2.27. The lowest BCUT2D eigenvalue weighted by Gasteiger charge is -2.28. The lowest BCUT2D eigenvalue weighted by molar-refractivity contribution is -0.384. The van der Waals surface area contributed by atoms with Gasteiger partial charge in [-0.25, -0.2) is 13.2 Å². The highest BCUT2D eigenvalue weighted by atomic mass is 32.2. The standard InChI is InChI=1S/C21H24N4O7S/c1-14-4-10-18(11-5-14)33(31,32)24(15-6-8-16(9-7-15)25(29)30)13-17(26)12-23-19(27)21(2,3)22-20(23)28/h4-11,17,26H,12-13H2,1-3H3,(H,22,28)/t17-/m1/s1. The van der Waals surface area contributed by atoms with E-state index in [9.17, 15) is 33.2 Å². The van der Waals surface area contributed by atoms with Crippen molar-refractivity contribution in [3.63, 3.8) is 0 Å². The molecular formula is C21H24N4O7S. The molecule has 1 heterocycles. The molecule has 1 aliphatic rings. The molecule has 2 aromatic carbocycles. The number of rotatable bonds is 8. The summed E-state index contributed by atoms with van der Waals surface area (Å²) < 4.78 is 27.7. The van der Waals surface area contributed by atoms with Gasteiger partial charge < -0.3 is 10.4 Å². The van der Waals surface area contributed by atoms with Crippen LogP contribution in [-0.4, -0.2) is 60.0 Å². The molecule has 11 nitrogen and oxygen atoms in total. The number of aliphatic hydroxyl groups excluding tert-OH is 1. The first kappa shape index (κ1) is 24.1. The number of β-amino-alcohol motifs (C(OH)–C–C–N with tert-alkyl or cyclic N) is 1. The molecule has 0 radical (unpaired) electrons. The Hall–Kier alpha value is -3.51. The van der Waals surface area contributed by atoms with Crippen LogP contribution in [0.4, 0.5) is 16.2 Å². The Morgan fingerprint density at radius 1 is 1.12 bits per heavy atom. The van der Waals surface area contributed by atoms with Gasteiger partial charge in [-0.3, -0.25) is 24.1 Å². The lowest BCUT2D eigenvalue weighted by Crippen LogP contribution is -2.45. The first-order chi connectivity index (χ1) is 15.3. The third-order valence-electron chi connectivity index (χ3n) is 5.17. The number of nitrogens with one attached hydrogen (secondary N) is 1. The predicted octanol–water partition coefficient (Wildman–Crippen LogP) is 1.79. The highest BCUT2D eigenvalue weighted by molar-refractivity contribution is 7.92. The van der Waals surface area contributed by atoms with Gasteiger partial charge in [-0.05, 0) is 45.0 Å². The van der Waals surface area contributed by atoms with E-state index in [0.717, 1.165) is 26.9 Å². The highest BCUT2D eigenvalue weighted by Gasteiger charge is 2.45. The number of aliphatic hydroxyl groups is 1. The van der Waals surface area contributed by atoms with E-state index in [1.54, 1.807) is 19.1 Å². The van der Waals surface area contributed by atoms with Crippen molar-refractivity contribution in [3.8, 4) is 0 Å². The Kier molecular flexibility index (Phi) is 6.43. The van der Waals surface area contributed by atoms with E-state index in [4.69, 9.17) is 0 Å². The van der Waals surface area contributed by atoms with Crippen molar-refractivity contribution in [1.82, 2.24) is 10.2 Å². The molecule has 0 aliphatic carbocycles. The van der Waals surface area contributed by atoms with Gasteiger partial charge in [-0.15, -0.1) is 0 Å². The normalized spacial score (nSPS) is 16.4. The van der Waals surface area contributed by atoms with Gasteiger partial charge in [0.25, 0.3) is 21.6 Å². The topological polar surface area (TPSA) is 150 Å². The van der Waals surface area contributed by atoms with Gasteiger partial charge in [-0.2, -0.15) is 0 Å². The third-order valence-corrected chi connectivity index (χ3v) is 6.98. The van der Waals surface area contributed by atoms with Crippen molar-refractivity contribution in [3.05, 3.63) is 64.2 Å². The number of imide groups is 1. The van der Waals surface area contributed by atoms with Crippen LogP contribution in [-0.2, 0) is 14.8 Å². The minimum Gasteiger partial charge on any atom is -0.389 e. The van der Waals surface area contributed by atoms with Crippen molar-refractivity contribution < 1.29 is 28.0 Å². The van der Waals surface area contributed by atoms with Crippen LogP contribution < -0.4 is 9.62 Å². The van der Waals surface area contributed by atoms with Gasteiger partial charge in [0, 0.05) is 12.1 Å². The largest absolute Gasteiger partial charge is 0.389 e. The molecule has 2 aromatic rings. The van der Waals surface area contributed by atoms with Crippen LogP contribution in [0.5, 0.6) is 0 Å². The number of aryl methyl sites for hydroxylation is 1. The van der Waals surface area contributed by atoms with Crippen molar-refractivity contribution in [2.45, 2.75) is 37.3 Å². The fourth-order valence-corrected chi connectivity index (χ4v) is 4.87. The van der Waals surface area contributed by atoms with Crippen LogP contribution in [0.2, 0.25) is 0 Å². The van der Waals surface area contributed by atoms with Crippen LogP contribution in [0.25, 0.3) is 0 Å². The zero-order valence-electron chi connectivity index (χ0n) is 18.3. The minimum atomic E-state index is -4.18. The summed E-state index contributed by atoms with van der Waals surface area (Å²) in [5.41, 5.74) is -0.439. The molecule has 3 amide bonds. The number of amides is 3. The predicted molar refractivity (Wildman–Crippen MR) is 119 cm³/mol. The van der Waals surface area contributed by atoms with Crippen LogP contribution >= 0.6 is 0 Å². The Morgan fingerprint density at radius 3 is 2.18 bits per heavy atom. The minimum absolute atomic E-state index is 0.0465. The quantitative estimate of drug-likeness (QED) is 0.335. The summed E-state index contributed by atoms with van der Waals surface area (Å²) in [4.78, 5) is 35.7. The van der Waals surface area contributed by atoms with Crippen molar-refractivity contribution in [1.29, 1.82) is 0 Å². The maximum atomic E-state index is 13.4. The summed E-state index contributed by atoms with van der Waals surface area (Å²) in [5, 5.41) is 24.1. The second kappa shape index (κ2) is 8.79. The number of nitro benzene ring substituents is 1. The maximum absolute atomic E-state index is 13.4. The molecule has 0 saturated carbocycles. The number of non-ortho nitro benzene ring substituents is 1. The molecule has 0 bridgehead atoms. The first-order valence-corrected chi connectivity index (χ1v) is 11.4. The van der Waals surface area contributed by atoms with E-state index in [1.807, 2.05) is 0 Å². The molecule has 12 heteroatoms. The number of nitrogens with zero attached hydrogens (tertiary/aromatic N) is 3. The van der Waals surface area contributed by atoms with E-state index < -0.39 is 51.6 Å². The number of sulfonamides is 1. The summed E-state index contributed by atoms with van der Waals surface area (Å²) >= 11 is 0. The summed E-state index contributed by atoms with van der Waals surface area (Å²) in [7, 11) is -4.18. The van der Waals surface area contributed by atoms with E-state index in [2.05, 4.69) is 5.32 Å². The summed E-state index contributed by atoms with van der Waals surface area (Å²) in [6.07, 6.45) is -1.43. The molecule has 1 saturated heterocycles. The van der Waals surface area contributed by atoms with E-state index in [-0.39, 0.29) is 16.3 Å². The first-order valence-electron chi connectivity index (χ1n) is 9.99. The van der Waals surface area contributed by atoms with Crippen molar-refractivity contribution >= 4 is 33.3 Å². The Morgan fingerprint density at radius 2 is 1.70 bits per heavy atom. The summed E-state index contributed by atoms with van der Waals surface area (Å²) in [5.74, 6) is -0.546. The lowest BCUT2D eigenvalue weighted by atomic mass is 10.1. The molecule has 2 N–H and O–H groups in total. The zero-order chi connectivity index (χ0) is 24.6. The smallest absolute Gasteiger partial charge is 0.325 e. The fraction of sp³-hybridized carbons (Fsp3) is 0.333. The average Bonchev–Trinajstić information content (AvgIpc) is 2.93. The zero-order valence-corrected chi connectivity index (χ0v) is 19.1. The van der Waals surface area contributed by atoms with Gasteiger partial charge in [0.1, 0.15) is 5.54 Å². The number of urea groups is 1. The molecule has 1 atom stereocenters. The molecule has 1 fully saturated rings. The number of benzene rings is 2. The number of nitro groups is 1. The molecule has 176 valence electrons. The fourth-order valence-electron chi connectivity index (χ4n) is 3.36. The molecule has 0 unspecified atom stereocenters. The second-order valence-electron chi connectivity index (χ2n) is 8.25. The average molecular weight is 477 g/mol. The third kappa shape index (κ3) is 4.96. The number of carbonyl (C=O) groups is 2. The molecular weight excluding hydrogens is 452 g/mol. The van der Waals surface area contributed by atoms with Gasteiger partial charge in [0.2, 0.25) is 0 Å². The van der Waals surface area contributed by atoms with Gasteiger partial charge in [0.15, 0.2) is 0 Å². The maximum Gasteiger partial charge on any atom is 0.325 e. The van der Waals surface area contributed by atoms with E-state index in [1.165, 1.54) is 38.1 Å². The van der Waals surface area contributed by atoms with Crippen LogP contribution in [0.15, 0.2) is 53.4 Å². The van der Waals surface area contributed by atoms with E-state index >= 15 is 0 Å². The van der Waals surface area contributed by atoms with Crippen LogP contribution in [0, 0.1) is 17.0 Å². The monoisotopic (exact) mass is 476 g/mol. The van der Waals surface area contributed by atoms with Crippen LogP contribution in [0.1, 0.15) is 19.4 Å². The van der Waals surface area contributed by atoms with Crippen LogP contribution in [0.3, 0.4) is 0 Å². The Bertz CT molecular complexity index is 1180. The van der Waals surface area contributed by atoms with Crippen molar-refractivity contribution in [2.24, 2.45) is 0 Å². The molecule has 0 aromatic heterocycles. The molecule has 3 rings (SSSR count). The molecule has 33 heavy (non-hydrogen) atoms. The SMILES string of the molecule is Cc1ccc(S(=O)(=O)N(C[C@H](O)CN2C(=O)NC(C)(C)C2=O)c2ccc([N+](=O)[O-])cc2)cc1. The molecule has 1 aliphatic heterocycles. The van der Waals surface area contributed by atoms with Crippen molar-refractivity contribution in [2.75, 3.05) is 17.4 Å². The number of anilines is 1. The number of hydrogen-bond donors (Lipinski definition) is 2. The Labute approximate surface area is 190 Å². The summed E-state index contributed by atoms with van der Waals surface area (Å²) in [6, 6.07) is 10.2.